The highest BCUT2D eigenvalue weighted by molar-refractivity contribution is 6.01. The van der Waals surface area contributed by atoms with Gasteiger partial charge < -0.3 is 47.1 Å². The molecule has 5 heterocycles. The van der Waals surface area contributed by atoms with Crippen molar-refractivity contribution in [3.63, 3.8) is 0 Å². The van der Waals surface area contributed by atoms with E-state index in [1.165, 1.54) is 6.07 Å². The van der Waals surface area contributed by atoms with Crippen LogP contribution in [0, 0.1) is 0 Å². The Bertz CT molecular complexity index is 2280. The lowest BCUT2D eigenvalue weighted by atomic mass is 9.96. The van der Waals surface area contributed by atoms with Gasteiger partial charge in [0.2, 0.25) is 0 Å². The lowest BCUT2D eigenvalue weighted by Gasteiger charge is -2.30. The Morgan fingerprint density at radius 3 is 2.43 bits per heavy atom. The molecule has 5 aromatic rings. The number of hydrogen-bond acceptors (Lipinski definition) is 11. The maximum absolute atomic E-state index is 11.8. The predicted octanol–water partition coefficient (Wildman–Crippen LogP) is 8.58. The van der Waals surface area contributed by atoms with Crippen molar-refractivity contribution in [3.8, 4) is 17.2 Å². The van der Waals surface area contributed by atoms with E-state index in [2.05, 4.69) is 6.92 Å². The Kier molecular flexibility index (Phi) is 9.79. The smallest absolute Gasteiger partial charge is 0.350 e. The molecule has 1 saturated heterocycles. The molecule has 0 radical (unpaired) electrons. The van der Waals surface area contributed by atoms with E-state index in [9.17, 15) is 15.0 Å². The number of allylic oxidation sites excluding steroid dienone is 2. The zero-order valence-electron chi connectivity index (χ0n) is 30.9. The molecule has 2 aromatic carbocycles. The molecule has 7 rings (SSSR count). The summed E-state index contributed by atoms with van der Waals surface area (Å²) in [5, 5.41) is 22.6. The number of ether oxygens (including phenoxy) is 5. The van der Waals surface area contributed by atoms with Gasteiger partial charge in [0.15, 0.2) is 11.3 Å². The zero-order chi connectivity index (χ0) is 37.5. The van der Waals surface area contributed by atoms with E-state index in [1.807, 2.05) is 57.2 Å². The Labute approximate surface area is 307 Å². The molecule has 3 atom stereocenters. The van der Waals surface area contributed by atoms with E-state index in [0.717, 1.165) is 33.9 Å². The Hall–Kier alpha value is -4.81. The summed E-state index contributed by atoms with van der Waals surface area (Å²) in [6.45, 7) is 11.8. The third-order valence-electron chi connectivity index (χ3n) is 9.95. The summed E-state index contributed by atoms with van der Waals surface area (Å²) in [5.41, 5.74) is 2.22. The summed E-state index contributed by atoms with van der Waals surface area (Å²) in [5.74, 6) is 0.290. The first-order valence-corrected chi connectivity index (χ1v) is 17.9. The van der Waals surface area contributed by atoms with Gasteiger partial charge in [-0.25, -0.2) is 4.79 Å². The fourth-order valence-corrected chi connectivity index (χ4v) is 6.73. The number of aliphatic hydroxyl groups excluding tert-OH is 1. The molecule has 0 amide bonds. The Morgan fingerprint density at radius 1 is 0.943 bits per heavy atom. The fourth-order valence-electron chi connectivity index (χ4n) is 6.73. The monoisotopic (exact) mass is 726 g/mol. The van der Waals surface area contributed by atoms with Crippen LogP contribution >= 0.6 is 0 Å². The molecule has 2 N–H and O–H groups in total. The first kappa shape index (κ1) is 36.5. The van der Waals surface area contributed by atoms with Crippen LogP contribution in [0.3, 0.4) is 0 Å². The first-order valence-electron chi connectivity index (χ1n) is 17.9. The van der Waals surface area contributed by atoms with Crippen LogP contribution in [0.4, 0.5) is 0 Å². The van der Waals surface area contributed by atoms with Gasteiger partial charge in [-0.2, -0.15) is 0 Å². The van der Waals surface area contributed by atoms with E-state index < -0.39 is 28.9 Å². The molecule has 0 unspecified atom stereocenters. The molecule has 2 aliphatic heterocycles. The standard InChI is InChI=1S/C42H46O11/c1-25(7-10-34(43)40(3,4)45)15-20-49-39-29-13-18-42(51-33(29)23-27-16-21-47-37(27)39)52-35(41(5,6)53-42)11-8-26(2)14-19-48-38-28-9-12-36(44)50-32(28)24-31-30(38)17-22-46-31/h9,12-18,21-24,34-35,43,45H,7-8,10-11,19-20H2,1-6H3/b25-15+,26-14+/t34-,35-,42+/m1/s1. The van der Waals surface area contributed by atoms with Gasteiger partial charge >= 0.3 is 11.6 Å². The van der Waals surface area contributed by atoms with Gasteiger partial charge in [-0.05, 0) is 110 Å². The van der Waals surface area contributed by atoms with Crippen molar-refractivity contribution in [1.82, 2.24) is 0 Å². The maximum Gasteiger partial charge on any atom is 0.350 e. The largest absolute Gasteiger partial charge is 0.488 e. The Morgan fingerprint density at radius 2 is 1.66 bits per heavy atom. The summed E-state index contributed by atoms with van der Waals surface area (Å²) in [6, 6.07) is 10.4. The minimum atomic E-state index is -1.41. The van der Waals surface area contributed by atoms with Crippen LogP contribution in [0.5, 0.6) is 17.2 Å². The van der Waals surface area contributed by atoms with Gasteiger partial charge in [0.05, 0.1) is 52.3 Å². The second-order valence-electron chi connectivity index (χ2n) is 15.0. The van der Waals surface area contributed by atoms with Crippen molar-refractivity contribution in [2.75, 3.05) is 13.2 Å². The molecule has 11 nitrogen and oxygen atoms in total. The van der Waals surface area contributed by atoms with Crippen LogP contribution in [-0.4, -0.2) is 52.8 Å². The van der Waals surface area contributed by atoms with Crippen molar-refractivity contribution in [1.29, 1.82) is 0 Å². The second kappa shape index (κ2) is 14.2. The van der Waals surface area contributed by atoms with Crippen molar-refractivity contribution >= 4 is 39.0 Å². The number of hydrogen-bond donors (Lipinski definition) is 2. The quantitative estimate of drug-likeness (QED) is 0.0890. The highest BCUT2D eigenvalue weighted by atomic mass is 16.9. The topological polar surface area (TPSA) is 143 Å². The number of furan rings is 2. The third kappa shape index (κ3) is 7.66. The molecule has 0 bridgehead atoms. The molecule has 3 aromatic heterocycles. The lowest BCUT2D eigenvalue weighted by Crippen LogP contribution is -2.38. The highest BCUT2D eigenvalue weighted by Crippen LogP contribution is 2.48. The van der Waals surface area contributed by atoms with Crippen LogP contribution < -0.4 is 19.8 Å². The summed E-state index contributed by atoms with van der Waals surface area (Å²) in [7, 11) is 0. The van der Waals surface area contributed by atoms with Gasteiger partial charge in [-0.1, -0.05) is 11.1 Å². The molecular formula is C42H46O11. The van der Waals surface area contributed by atoms with Crippen molar-refractivity contribution in [2.24, 2.45) is 0 Å². The van der Waals surface area contributed by atoms with E-state index in [-0.39, 0.29) is 12.7 Å². The van der Waals surface area contributed by atoms with E-state index >= 15 is 0 Å². The fraction of sp³-hybridized carbons (Fsp3) is 0.405. The van der Waals surface area contributed by atoms with E-state index in [0.29, 0.717) is 65.3 Å². The minimum Gasteiger partial charge on any atom is -0.488 e. The van der Waals surface area contributed by atoms with Gasteiger partial charge in [-0.15, -0.1) is 0 Å². The predicted molar refractivity (Wildman–Crippen MR) is 200 cm³/mol. The lowest BCUT2D eigenvalue weighted by molar-refractivity contribution is -0.270. The molecule has 0 aliphatic carbocycles. The van der Waals surface area contributed by atoms with Crippen molar-refractivity contribution in [2.45, 2.75) is 96.6 Å². The SMILES string of the molecule is C/C(=C\COc1c2c(cc3ccoc13)O[C@@]1(C=C2)O[C@H](CC/C(C)=C/COc2c3ccoc3cc3oc(=O)ccc23)C(C)(C)O1)CC[C@@H](O)C(C)(C)O. The average molecular weight is 727 g/mol. The van der Waals surface area contributed by atoms with E-state index in [4.69, 9.17) is 36.9 Å². The molecular weight excluding hydrogens is 680 g/mol. The minimum absolute atomic E-state index is 0.277. The molecule has 53 heavy (non-hydrogen) atoms. The van der Waals surface area contributed by atoms with Crippen molar-refractivity contribution in [3.05, 3.63) is 94.3 Å². The van der Waals surface area contributed by atoms with Gasteiger partial charge in [0, 0.05) is 23.6 Å². The zero-order valence-corrected chi connectivity index (χ0v) is 30.9. The normalized spacial score (nSPS) is 20.7. The average Bonchev–Trinajstić information content (AvgIpc) is 3.82. The van der Waals surface area contributed by atoms with Crippen LogP contribution in [0.15, 0.2) is 96.3 Å². The molecule has 2 aliphatic rings. The molecule has 11 heteroatoms. The van der Waals surface area contributed by atoms with Crippen LogP contribution in [0.25, 0.3) is 39.0 Å². The van der Waals surface area contributed by atoms with Gasteiger partial charge in [-0.3, -0.25) is 0 Å². The number of fused-ring (bicyclic) bond motifs is 4. The highest BCUT2D eigenvalue weighted by Gasteiger charge is 2.54. The first-order chi connectivity index (χ1) is 25.2. The molecule has 280 valence electrons. The van der Waals surface area contributed by atoms with Crippen LogP contribution in [0.1, 0.15) is 72.8 Å². The van der Waals surface area contributed by atoms with Crippen molar-refractivity contribution < 1.29 is 47.1 Å². The Balaban J connectivity index is 1.000. The van der Waals surface area contributed by atoms with E-state index in [1.54, 1.807) is 44.6 Å². The van der Waals surface area contributed by atoms with Crippen LogP contribution in [-0.2, 0) is 9.47 Å². The summed E-state index contributed by atoms with van der Waals surface area (Å²) >= 11 is 0. The second-order valence-corrected chi connectivity index (χ2v) is 15.0. The number of aliphatic hydroxyl groups is 2. The maximum atomic E-state index is 11.8. The third-order valence-corrected chi connectivity index (χ3v) is 9.95. The van der Waals surface area contributed by atoms with Crippen LogP contribution in [0.2, 0.25) is 0 Å². The molecule has 0 saturated carbocycles. The number of benzene rings is 2. The molecule has 1 spiro atoms. The summed E-state index contributed by atoms with van der Waals surface area (Å²) in [4.78, 5) is 11.8. The van der Waals surface area contributed by atoms with Gasteiger partial charge in [0.1, 0.15) is 35.9 Å². The molecule has 1 fully saturated rings. The summed E-state index contributed by atoms with van der Waals surface area (Å²) < 4.78 is 48.8. The summed E-state index contributed by atoms with van der Waals surface area (Å²) in [6.07, 6.45) is 12.2. The van der Waals surface area contributed by atoms with Gasteiger partial charge in [0.25, 0.3) is 0 Å². The number of rotatable bonds is 13.